The molecule has 2 heterocycles. The molecule has 0 atom stereocenters. The van der Waals surface area contributed by atoms with E-state index in [1.807, 2.05) is 6.07 Å². The standard InChI is InChI=1S/C18H21N3O4/c1-3-7-19(8-4-2)17(22)12-20-9-10-21(18(20)23)14-5-6-15-16(11-14)25-13-24-15/h3-6,11H,1-2,7-10,12-13H2. The summed E-state index contributed by atoms with van der Waals surface area (Å²) in [5.74, 6) is 1.18. The van der Waals surface area contributed by atoms with Crippen molar-refractivity contribution in [2.24, 2.45) is 0 Å². The molecule has 7 nitrogen and oxygen atoms in total. The van der Waals surface area contributed by atoms with Crippen LogP contribution in [0, 0.1) is 0 Å². The fourth-order valence-corrected chi connectivity index (χ4v) is 2.88. The van der Waals surface area contributed by atoms with Crippen LogP contribution in [0.4, 0.5) is 10.5 Å². The van der Waals surface area contributed by atoms with Gasteiger partial charge in [-0.1, -0.05) is 12.2 Å². The molecule has 0 saturated carbocycles. The van der Waals surface area contributed by atoms with Crippen molar-refractivity contribution >= 4 is 17.6 Å². The summed E-state index contributed by atoms with van der Waals surface area (Å²) >= 11 is 0. The van der Waals surface area contributed by atoms with Crippen LogP contribution in [-0.4, -0.2) is 61.3 Å². The largest absolute Gasteiger partial charge is 0.454 e. The molecule has 1 aromatic carbocycles. The summed E-state index contributed by atoms with van der Waals surface area (Å²) in [5.41, 5.74) is 0.734. The van der Waals surface area contributed by atoms with Crippen LogP contribution in [0.1, 0.15) is 0 Å². The first-order valence-corrected chi connectivity index (χ1v) is 8.09. The Bertz CT molecular complexity index is 694. The van der Waals surface area contributed by atoms with Crippen molar-refractivity contribution in [1.82, 2.24) is 9.80 Å². The average molecular weight is 343 g/mol. The van der Waals surface area contributed by atoms with E-state index >= 15 is 0 Å². The maximum atomic E-state index is 12.6. The van der Waals surface area contributed by atoms with Crippen molar-refractivity contribution in [2.45, 2.75) is 0 Å². The van der Waals surface area contributed by atoms with Crippen LogP contribution in [0.25, 0.3) is 0 Å². The number of ether oxygens (including phenoxy) is 2. The molecule has 0 radical (unpaired) electrons. The van der Waals surface area contributed by atoms with Gasteiger partial charge < -0.3 is 19.3 Å². The number of anilines is 1. The molecule has 1 fully saturated rings. The third kappa shape index (κ3) is 3.45. The van der Waals surface area contributed by atoms with Gasteiger partial charge >= 0.3 is 6.03 Å². The first kappa shape index (κ1) is 16.9. The zero-order chi connectivity index (χ0) is 17.8. The molecule has 1 aromatic rings. The molecule has 2 aliphatic rings. The lowest BCUT2D eigenvalue weighted by molar-refractivity contribution is -0.130. The Labute approximate surface area is 146 Å². The highest BCUT2D eigenvalue weighted by atomic mass is 16.7. The van der Waals surface area contributed by atoms with E-state index in [1.165, 1.54) is 0 Å². The number of carbonyl (C=O) groups excluding carboxylic acids is 2. The topological polar surface area (TPSA) is 62.3 Å². The molecular formula is C18H21N3O4. The van der Waals surface area contributed by atoms with E-state index in [0.29, 0.717) is 37.7 Å². The van der Waals surface area contributed by atoms with Crippen LogP contribution in [0.3, 0.4) is 0 Å². The highest BCUT2D eigenvalue weighted by Crippen LogP contribution is 2.36. The van der Waals surface area contributed by atoms with Gasteiger partial charge in [-0.25, -0.2) is 4.79 Å². The van der Waals surface area contributed by atoms with Gasteiger partial charge in [0.1, 0.15) is 6.54 Å². The van der Waals surface area contributed by atoms with Gasteiger partial charge in [0.15, 0.2) is 11.5 Å². The molecule has 25 heavy (non-hydrogen) atoms. The number of rotatable bonds is 7. The number of hydrogen-bond acceptors (Lipinski definition) is 4. The van der Waals surface area contributed by atoms with Crippen molar-refractivity contribution in [3.05, 3.63) is 43.5 Å². The van der Waals surface area contributed by atoms with E-state index in [-0.39, 0.29) is 25.3 Å². The first-order chi connectivity index (χ1) is 12.1. The van der Waals surface area contributed by atoms with Crippen LogP contribution < -0.4 is 14.4 Å². The quantitative estimate of drug-likeness (QED) is 0.709. The normalized spacial score (nSPS) is 15.4. The number of fused-ring (bicyclic) bond motifs is 1. The molecule has 0 aromatic heterocycles. The number of urea groups is 1. The van der Waals surface area contributed by atoms with Gasteiger partial charge in [0, 0.05) is 37.9 Å². The second-order valence-corrected chi connectivity index (χ2v) is 5.77. The summed E-state index contributed by atoms with van der Waals surface area (Å²) in [6.07, 6.45) is 3.32. The van der Waals surface area contributed by atoms with Crippen LogP contribution in [0.2, 0.25) is 0 Å². The summed E-state index contributed by atoms with van der Waals surface area (Å²) in [6.45, 7) is 9.42. The van der Waals surface area contributed by atoms with Crippen molar-refractivity contribution in [3.8, 4) is 11.5 Å². The summed E-state index contributed by atoms with van der Waals surface area (Å²) in [7, 11) is 0. The number of amides is 3. The fourth-order valence-electron chi connectivity index (χ4n) is 2.88. The van der Waals surface area contributed by atoms with Crippen LogP contribution in [0.5, 0.6) is 11.5 Å². The molecule has 1 saturated heterocycles. The molecule has 0 aliphatic carbocycles. The third-order valence-corrected chi connectivity index (χ3v) is 4.14. The van der Waals surface area contributed by atoms with Crippen molar-refractivity contribution in [3.63, 3.8) is 0 Å². The first-order valence-electron chi connectivity index (χ1n) is 8.09. The minimum absolute atomic E-state index is 0.0432. The maximum absolute atomic E-state index is 12.6. The van der Waals surface area contributed by atoms with Crippen molar-refractivity contribution < 1.29 is 19.1 Å². The van der Waals surface area contributed by atoms with Gasteiger partial charge in [-0.3, -0.25) is 9.69 Å². The van der Waals surface area contributed by atoms with Gasteiger partial charge in [-0.05, 0) is 12.1 Å². The summed E-state index contributed by atoms with van der Waals surface area (Å²) in [6, 6.07) is 5.20. The van der Waals surface area contributed by atoms with Gasteiger partial charge in [0.25, 0.3) is 0 Å². The Hall–Kier alpha value is -2.96. The minimum atomic E-state index is -0.190. The molecule has 3 amide bonds. The lowest BCUT2D eigenvalue weighted by atomic mass is 10.2. The van der Waals surface area contributed by atoms with Gasteiger partial charge in [0.2, 0.25) is 12.7 Å². The molecule has 132 valence electrons. The second kappa shape index (κ2) is 7.29. The Morgan fingerprint density at radius 3 is 2.60 bits per heavy atom. The lowest BCUT2D eigenvalue weighted by Gasteiger charge is -2.23. The highest BCUT2D eigenvalue weighted by molar-refractivity contribution is 5.96. The van der Waals surface area contributed by atoms with Crippen molar-refractivity contribution in [1.29, 1.82) is 0 Å². The number of benzene rings is 1. The van der Waals surface area contributed by atoms with Crippen LogP contribution in [-0.2, 0) is 4.79 Å². The molecule has 0 spiro atoms. The van der Waals surface area contributed by atoms with Gasteiger partial charge in [-0.15, -0.1) is 13.2 Å². The zero-order valence-electron chi connectivity index (χ0n) is 14.0. The monoisotopic (exact) mass is 343 g/mol. The molecule has 0 N–H and O–H groups in total. The SMILES string of the molecule is C=CCN(CC=C)C(=O)CN1CCN(c2ccc3c(c2)OCO3)C1=O. The van der Waals surface area contributed by atoms with E-state index in [9.17, 15) is 9.59 Å². The minimum Gasteiger partial charge on any atom is -0.454 e. The summed E-state index contributed by atoms with van der Waals surface area (Å²) < 4.78 is 10.6. The Morgan fingerprint density at radius 2 is 1.88 bits per heavy atom. The average Bonchev–Trinajstić information content (AvgIpc) is 3.21. The Kier molecular flexibility index (Phi) is 4.92. The van der Waals surface area contributed by atoms with E-state index < -0.39 is 0 Å². The summed E-state index contributed by atoms with van der Waals surface area (Å²) in [5, 5.41) is 0. The number of carbonyl (C=O) groups is 2. The van der Waals surface area contributed by atoms with Crippen LogP contribution in [0.15, 0.2) is 43.5 Å². The molecule has 3 rings (SSSR count). The van der Waals surface area contributed by atoms with E-state index in [1.54, 1.807) is 39.0 Å². The lowest BCUT2D eigenvalue weighted by Crippen LogP contribution is -2.42. The molecular weight excluding hydrogens is 322 g/mol. The molecule has 0 bridgehead atoms. The predicted molar refractivity (Wildman–Crippen MR) is 93.9 cm³/mol. The molecule has 7 heteroatoms. The summed E-state index contributed by atoms with van der Waals surface area (Å²) in [4.78, 5) is 29.8. The van der Waals surface area contributed by atoms with Gasteiger partial charge in [-0.2, -0.15) is 0 Å². The number of hydrogen-bond donors (Lipinski definition) is 0. The fraction of sp³-hybridized carbons (Fsp3) is 0.333. The molecule has 0 unspecified atom stereocenters. The highest BCUT2D eigenvalue weighted by Gasteiger charge is 2.32. The van der Waals surface area contributed by atoms with E-state index in [0.717, 1.165) is 5.69 Å². The van der Waals surface area contributed by atoms with Crippen molar-refractivity contribution in [2.75, 3.05) is 44.4 Å². The molecule has 2 aliphatic heterocycles. The Balaban J connectivity index is 1.66. The maximum Gasteiger partial charge on any atom is 0.325 e. The Morgan fingerprint density at radius 1 is 1.16 bits per heavy atom. The predicted octanol–water partition coefficient (Wildman–Crippen LogP) is 1.86. The van der Waals surface area contributed by atoms with E-state index in [2.05, 4.69) is 13.2 Å². The number of nitrogens with zero attached hydrogens (tertiary/aromatic N) is 3. The van der Waals surface area contributed by atoms with Crippen LogP contribution >= 0.6 is 0 Å². The van der Waals surface area contributed by atoms with Gasteiger partial charge in [0.05, 0.1) is 0 Å². The second-order valence-electron chi connectivity index (χ2n) is 5.77. The third-order valence-electron chi connectivity index (χ3n) is 4.14. The van der Waals surface area contributed by atoms with E-state index in [4.69, 9.17) is 9.47 Å². The zero-order valence-corrected chi connectivity index (χ0v) is 14.0. The smallest absolute Gasteiger partial charge is 0.325 e.